The van der Waals surface area contributed by atoms with Crippen LogP contribution >= 0.6 is 11.6 Å². The number of fused-ring (bicyclic) bond motifs is 1. The van der Waals surface area contributed by atoms with Gasteiger partial charge in [0.05, 0.1) is 23.1 Å². The molecule has 4 rings (SSSR count). The van der Waals surface area contributed by atoms with Crippen molar-refractivity contribution < 1.29 is 0 Å². The maximum atomic E-state index is 6.26. The van der Waals surface area contributed by atoms with Crippen LogP contribution in [0.3, 0.4) is 0 Å². The molecule has 1 aliphatic carbocycles. The van der Waals surface area contributed by atoms with E-state index in [4.69, 9.17) is 17.3 Å². The third-order valence-corrected chi connectivity index (χ3v) is 4.33. The molecule has 0 amide bonds. The van der Waals surface area contributed by atoms with E-state index in [1.807, 2.05) is 18.3 Å². The van der Waals surface area contributed by atoms with E-state index >= 15 is 0 Å². The summed E-state index contributed by atoms with van der Waals surface area (Å²) in [7, 11) is 0. The molecule has 3 heterocycles. The van der Waals surface area contributed by atoms with E-state index in [1.165, 1.54) is 0 Å². The zero-order valence-corrected chi connectivity index (χ0v) is 13.1. The van der Waals surface area contributed by atoms with Gasteiger partial charge in [0.15, 0.2) is 5.65 Å². The topological polar surface area (TPSA) is 94.0 Å². The third kappa shape index (κ3) is 2.85. The molecule has 0 spiro atoms. The second-order valence-corrected chi connectivity index (χ2v) is 6.16. The fraction of sp³-hybridized carbons (Fsp3) is 0.333. The first-order chi connectivity index (χ1) is 11.2. The summed E-state index contributed by atoms with van der Waals surface area (Å²) in [5.41, 5.74) is 7.99. The van der Waals surface area contributed by atoms with Crippen LogP contribution in [0.15, 0.2) is 30.7 Å². The van der Waals surface area contributed by atoms with Crippen molar-refractivity contribution in [2.45, 2.75) is 31.3 Å². The number of nitrogens with one attached hydrogen (secondary N) is 1. The van der Waals surface area contributed by atoms with Crippen molar-refractivity contribution in [1.29, 1.82) is 0 Å². The van der Waals surface area contributed by atoms with Gasteiger partial charge < -0.3 is 11.1 Å². The Morgan fingerprint density at radius 3 is 3.00 bits per heavy atom. The molecule has 0 radical (unpaired) electrons. The van der Waals surface area contributed by atoms with Crippen LogP contribution in [-0.4, -0.2) is 36.6 Å². The van der Waals surface area contributed by atoms with Crippen molar-refractivity contribution >= 4 is 23.2 Å². The number of anilines is 1. The standard InChI is InChI=1S/C15H16ClN7/c16-11-8-18-15(20-10-2-1-9(17)7-10)22-14(11)12-4-6-23-13(21-12)3-5-19-23/h3-6,8-10H,1-2,7,17H2,(H,18,20,22)/t9-,10-/m0/s1. The van der Waals surface area contributed by atoms with Crippen molar-refractivity contribution in [3.63, 3.8) is 0 Å². The smallest absolute Gasteiger partial charge is 0.223 e. The second kappa shape index (κ2) is 5.75. The van der Waals surface area contributed by atoms with Crippen LogP contribution in [0, 0.1) is 0 Å². The molecular weight excluding hydrogens is 314 g/mol. The molecule has 118 valence electrons. The van der Waals surface area contributed by atoms with Crippen LogP contribution in [0.5, 0.6) is 0 Å². The van der Waals surface area contributed by atoms with Crippen LogP contribution in [0.2, 0.25) is 5.02 Å². The van der Waals surface area contributed by atoms with E-state index in [-0.39, 0.29) is 6.04 Å². The summed E-state index contributed by atoms with van der Waals surface area (Å²) in [5, 5.41) is 7.94. The number of halogens is 1. The van der Waals surface area contributed by atoms with Crippen LogP contribution in [0.1, 0.15) is 19.3 Å². The van der Waals surface area contributed by atoms with Gasteiger partial charge in [-0.25, -0.2) is 19.5 Å². The van der Waals surface area contributed by atoms with Crippen molar-refractivity contribution in [2.24, 2.45) is 5.73 Å². The lowest BCUT2D eigenvalue weighted by Gasteiger charge is -2.13. The minimum atomic E-state index is 0.255. The van der Waals surface area contributed by atoms with E-state index in [0.717, 1.165) is 24.9 Å². The number of aromatic nitrogens is 5. The summed E-state index contributed by atoms with van der Waals surface area (Å²) in [4.78, 5) is 13.3. The Hall–Kier alpha value is -2.25. The van der Waals surface area contributed by atoms with Gasteiger partial charge in [-0.05, 0) is 25.3 Å². The molecule has 0 saturated heterocycles. The van der Waals surface area contributed by atoms with Gasteiger partial charge in [0.25, 0.3) is 0 Å². The number of nitrogens with two attached hydrogens (primary N) is 1. The van der Waals surface area contributed by atoms with Gasteiger partial charge in [0.2, 0.25) is 5.95 Å². The number of hydrogen-bond donors (Lipinski definition) is 2. The van der Waals surface area contributed by atoms with Crippen molar-refractivity contribution in [1.82, 2.24) is 24.6 Å². The molecule has 1 saturated carbocycles. The molecule has 0 unspecified atom stereocenters. The highest BCUT2D eigenvalue weighted by atomic mass is 35.5. The van der Waals surface area contributed by atoms with Crippen molar-refractivity contribution in [3.8, 4) is 11.4 Å². The second-order valence-electron chi connectivity index (χ2n) is 5.75. The zero-order chi connectivity index (χ0) is 15.8. The van der Waals surface area contributed by atoms with E-state index < -0.39 is 0 Å². The van der Waals surface area contributed by atoms with Gasteiger partial charge in [-0.2, -0.15) is 5.10 Å². The molecule has 0 aliphatic heterocycles. The Labute approximate surface area is 137 Å². The van der Waals surface area contributed by atoms with E-state index in [0.29, 0.717) is 28.4 Å². The lowest BCUT2D eigenvalue weighted by molar-refractivity contribution is 0.685. The first-order valence-corrected chi connectivity index (χ1v) is 7.92. The van der Waals surface area contributed by atoms with Gasteiger partial charge in [0.1, 0.15) is 5.69 Å². The van der Waals surface area contributed by atoms with Gasteiger partial charge in [0, 0.05) is 24.3 Å². The maximum Gasteiger partial charge on any atom is 0.223 e. The Morgan fingerprint density at radius 1 is 1.26 bits per heavy atom. The van der Waals surface area contributed by atoms with E-state index in [9.17, 15) is 0 Å². The average Bonchev–Trinajstić information content (AvgIpc) is 3.17. The fourth-order valence-corrected chi connectivity index (χ4v) is 3.08. The summed E-state index contributed by atoms with van der Waals surface area (Å²) in [6.07, 6.45) is 8.12. The summed E-state index contributed by atoms with van der Waals surface area (Å²) >= 11 is 6.26. The van der Waals surface area contributed by atoms with E-state index in [2.05, 4.69) is 25.4 Å². The summed E-state index contributed by atoms with van der Waals surface area (Å²) in [6.45, 7) is 0. The number of nitrogens with zero attached hydrogens (tertiary/aromatic N) is 5. The molecule has 2 atom stereocenters. The first kappa shape index (κ1) is 14.3. The van der Waals surface area contributed by atoms with Crippen LogP contribution < -0.4 is 11.1 Å². The predicted octanol–water partition coefficient (Wildman–Crippen LogP) is 2.13. The predicted molar refractivity (Wildman–Crippen MR) is 88.3 cm³/mol. The molecule has 7 nitrogen and oxygen atoms in total. The van der Waals surface area contributed by atoms with Crippen LogP contribution in [-0.2, 0) is 0 Å². The monoisotopic (exact) mass is 329 g/mol. The maximum absolute atomic E-state index is 6.26. The Kier molecular flexibility index (Phi) is 3.59. The normalized spacial score (nSPS) is 21.0. The molecule has 0 bridgehead atoms. The van der Waals surface area contributed by atoms with Gasteiger partial charge in [-0.1, -0.05) is 11.6 Å². The SMILES string of the molecule is N[C@H]1CC[C@H](Nc2ncc(Cl)c(-c3ccn4nccc4n3)n2)C1. The van der Waals surface area contributed by atoms with Crippen LogP contribution in [0.4, 0.5) is 5.95 Å². The number of hydrogen-bond acceptors (Lipinski definition) is 6. The minimum absolute atomic E-state index is 0.255. The largest absolute Gasteiger partial charge is 0.351 e. The average molecular weight is 330 g/mol. The van der Waals surface area contributed by atoms with E-state index in [1.54, 1.807) is 16.9 Å². The highest BCUT2D eigenvalue weighted by Crippen LogP contribution is 2.26. The quantitative estimate of drug-likeness (QED) is 0.764. The van der Waals surface area contributed by atoms with Gasteiger partial charge >= 0.3 is 0 Å². The highest BCUT2D eigenvalue weighted by Gasteiger charge is 2.22. The Bertz CT molecular complexity index is 847. The summed E-state index contributed by atoms with van der Waals surface area (Å²) in [6, 6.07) is 4.23. The lowest BCUT2D eigenvalue weighted by Crippen LogP contribution is -2.21. The first-order valence-electron chi connectivity index (χ1n) is 7.54. The molecular formula is C15H16ClN7. The van der Waals surface area contributed by atoms with Crippen molar-refractivity contribution in [2.75, 3.05) is 5.32 Å². The summed E-state index contributed by atoms with van der Waals surface area (Å²) in [5.74, 6) is 0.554. The molecule has 1 fully saturated rings. The molecule has 3 aromatic heterocycles. The molecule has 8 heteroatoms. The molecule has 1 aliphatic rings. The molecule has 23 heavy (non-hydrogen) atoms. The molecule has 3 aromatic rings. The van der Waals surface area contributed by atoms with Crippen LogP contribution in [0.25, 0.3) is 17.0 Å². The fourth-order valence-electron chi connectivity index (χ4n) is 2.89. The zero-order valence-electron chi connectivity index (χ0n) is 12.4. The Balaban J connectivity index is 1.65. The summed E-state index contributed by atoms with van der Waals surface area (Å²) < 4.78 is 1.69. The Morgan fingerprint density at radius 2 is 2.17 bits per heavy atom. The third-order valence-electron chi connectivity index (χ3n) is 4.05. The molecule has 3 N–H and O–H groups in total. The van der Waals surface area contributed by atoms with Crippen molar-refractivity contribution in [3.05, 3.63) is 35.7 Å². The molecule has 0 aromatic carbocycles. The van der Waals surface area contributed by atoms with Gasteiger partial charge in [-0.15, -0.1) is 0 Å². The van der Waals surface area contributed by atoms with Gasteiger partial charge in [-0.3, -0.25) is 0 Å². The number of rotatable bonds is 3. The highest BCUT2D eigenvalue weighted by molar-refractivity contribution is 6.32. The minimum Gasteiger partial charge on any atom is -0.351 e. The lowest BCUT2D eigenvalue weighted by atomic mass is 10.2.